The van der Waals surface area contributed by atoms with E-state index in [-0.39, 0.29) is 0 Å². The second kappa shape index (κ2) is 6.92. The van der Waals surface area contributed by atoms with Crippen LogP contribution in [0.25, 0.3) is 0 Å². The summed E-state index contributed by atoms with van der Waals surface area (Å²) in [5.41, 5.74) is 19.7. The molecule has 7 heteroatoms. The highest BCUT2D eigenvalue weighted by atomic mass is 15.6. The number of piperazine rings is 1. The predicted molar refractivity (Wildman–Crippen MR) is 99.3 cm³/mol. The highest BCUT2D eigenvalue weighted by Gasteiger charge is 2.31. The lowest BCUT2D eigenvalue weighted by Crippen LogP contribution is -2.50. The van der Waals surface area contributed by atoms with Crippen LogP contribution in [0.3, 0.4) is 0 Å². The smallest absolute Gasteiger partial charge is 0.209 e. The standard InChI is InChI=1S/C18H29N7/c19-17-21-18(20,23-22-17)15-7-5-14(6-8-15)13-24-9-11-25(12-10-24)16-3-1-2-4-16/h5-8,16,23H,1-4,9-13,20H2,(H3,19,21,22). The first-order valence-corrected chi connectivity index (χ1v) is 9.36. The van der Waals surface area contributed by atoms with Crippen molar-refractivity contribution in [2.75, 3.05) is 26.2 Å². The molecule has 1 aliphatic carbocycles. The van der Waals surface area contributed by atoms with E-state index in [4.69, 9.17) is 11.5 Å². The molecule has 0 spiro atoms. The number of hydrogen-bond acceptors (Lipinski definition) is 7. The Labute approximate surface area is 149 Å². The Kier molecular flexibility index (Phi) is 4.64. The van der Waals surface area contributed by atoms with Crippen LogP contribution < -0.4 is 22.3 Å². The molecule has 3 aliphatic rings. The molecular weight excluding hydrogens is 314 g/mol. The van der Waals surface area contributed by atoms with Crippen LogP contribution >= 0.6 is 0 Å². The number of hydrogen-bond donors (Lipinski definition) is 4. The Bertz CT molecular complexity index is 615. The second-order valence-electron chi connectivity index (χ2n) is 7.46. The molecule has 2 aliphatic heterocycles. The Hall–Kier alpha value is -1.67. The fourth-order valence-electron chi connectivity index (χ4n) is 4.22. The summed E-state index contributed by atoms with van der Waals surface area (Å²) in [6, 6.07) is 9.18. The summed E-state index contributed by atoms with van der Waals surface area (Å²) in [7, 11) is 0. The van der Waals surface area contributed by atoms with Gasteiger partial charge < -0.3 is 5.73 Å². The lowest BCUT2D eigenvalue weighted by atomic mass is 10.1. The highest BCUT2D eigenvalue weighted by molar-refractivity contribution is 5.79. The molecule has 0 amide bonds. The molecule has 1 saturated carbocycles. The van der Waals surface area contributed by atoms with Gasteiger partial charge in [0.15, 0.2) is 0 Å². The number of hydrazine groups is 1. The Balaban J connectivity index is 1.31. The van der Waals surface area contributed by atoms with Crippen molar-refractivity contribution in [1.82, 2.24) is 20.7 Å². The third-order valence-electron chi connectivity index (χ3n) is 5.73. The summed E-state index contributed by atoms with van der Waals surface area (Å²) < 4.78 is 0. The topological polar surface area (TPSA) is 94.9 Å². The van der Waals surface area contributed by atoms with Gasteiger partial charge in [-0.05, 0) is 18.4 Å². The molecule has 6 N–H and O–H groups in total. The molecule has 1 saturated heterocycles. The van der Waals surface area contributed by atoms with E-state index in [9.17, 15) is 0 Å². The van der Waals surface area contributed by atoms with Crippen molar-refractivity contribution in [2.24, 2.45) is 16.5 Å². The fourth-order valence-corrected chi connectivity index (χ4v) is 4.22. The monoisotopic (exact) mass is 343 g/mol. The van der Waals surface area contributed by atoms with Crippen LogP contribution in [0.15, 0.2) is 29.3 Å². The largest absolute Gasteiger partial charge is 0.369 e. The van der Waals surface area contributed by atoms with E-state index in [1.54, 1.807) is 0 Å². The predicted octanol–water partition coefficient (Wildman–Crippen LogP) is 0.238. The summed E-state index contributed by atoms with van der Waals surface area (Å²) in [5.74, 6) is -0.665. The van der Waals surface area contributed by atoms with E-state index in [0.29, 0.717) is 5.96 Å². The van der Waals surface area contributed by atoms with Crippen LogP contribution in [0.5, 0.6) is 0 Å². The summed E-state index contributed by atoms with van der Waals surface area (Å²) in [5, 5.41) is 0. The second-order valence-corrected chi connectivity index (χ2v) is 7.46. The maximum atomic E-state index is 6.22. The van der Waals surface area contributed by atoms with Gasteiger partial charge in [0.1, 0.15) is 0 Å². The molecule has 25 heavy (non-hydrogen) atoms. The molecule has 2 heterocycles. The van der Waals surface area contributed by atoms with Crippen LogP contribution in [0, 0.1) is 0 Å². The molecule has 0 aromatic heterocycles. The van der Waals surface area contributed by atoms with E-state index in [2.05, 4.69) is 37.8 Å². The first-order chi connectivity index (χ1) is 12.1. The van der Waals surface area contributed by atoms with Crippen molar-refractivity contribution < 1.29 is 0 Å². The van der Waals surface area contributed by atoms with Gasteiger partial charge in [-0.1, -0.05) is 37.1 Å². The van der Waals surface area contributed by atoms with Crippen molar-refractivity contribution >= 4 is 5.96 Å². The van der Waals surface area contributed by atoms with Gasteiger partial charge in [0.2, 0.25) is 11.7 Å². The number of rotatable bonds is 4. The molecule has 1 aromatic rings. The van der Waals surface area contributed by atoms with Crippen LogP contribution in [0.2, 0.25) is 0 Å². The SMILES string of the molecule is NC1=NC(N)(c2ccc(CN3CCN(C4CCCC4)CC3)cc2)NN1. The van der Waals surface area contributed by atoms with Crippen LogP contribution in [0.4, 0.5) is 0 Å². The van der Waals surface area contributed by atoms with Crippen molar-refractivity contribution in [3.8, 4) is 0 Å². The van der Waals surface area contributed by atoms with Gasteiger partial charge in [0.05, 0.1) is 0 Å². The van der Waals surface area contributed by atoms with Gasteiger partial charge in [-0.15, -0.1) is 0 Å². The quantitative estimate of drug-likeness (QED) is 0.626. The fraction of sp³-hybridized carbons (Fsp3) is 0.611. The van der Waals surface area contributed by atoms with E-state index >= 15 is 0 Å². The van der Waals surface area contributed by atoms with E-state index in [1.807, 2.05) is 12.1 Å². The zero-order valence-electron chi connectivity index (χ0n) is 14.7. The summed E-state index contributed by atoms with van der Waals surface area (Å²) in [4.78, 5) is 9.46. The molecule has 0 radical (unpaired) electrons. The molecule has 7 nitrogen and oxygen atoms in total. The normalized spacial score (nSPS) is 28.9. The van der Waals surface area contributed by atoms with Gasteiger partial charge >= 0.3 is 0 Å². The molecule has 2 fully saturated rings. The number of benzene rings is 1. The average molecular weight is 343 g/mol. The lowest BCUT2D eigenvalue weighted by Gasteiger charge is -2.38. The summed E-state index contributed by atoms with van der Waals surface area (Å²) >= 11 is 0. The third-order valence-corrected chi connectivity index (χ3v) is 5.73. The van der Waals surface area contributed by atoms with Crippen LogP contribution in [-0.4, -0.2) is 48.0 Å². The van der Waals surface area contributed by atoms with Crippen LogP contribution in [0.1, 0.15) is 36.8 Å². The van der Waals surface area contributed by atoms with Crippen molar-refractivity contribution in [3.05, 3.63) is 35.4 Å². The molecule has 1 aromatic carbocycles. The minimum atomic E-state index is -0.977. The van der Waals surface area contributed by atoms with Gasteiger partial charge in [-0.2, -0.15) is 5.43 Å². The minimum Gasteiger partial charge on any atom is -0.369 e. The third kappa shape index (κ3) is 3.64. The van der Waals surface area contributed by atoms with Crippen LogP contribution in [-0.2, 0) is 12.3 Å². The van der Waals surface area contributed by atoms with E-state index in [1.165, 1.54) is 44.3 Å². The van der Waals surface area contributed by atoms with Crippen molar-refractivity contribution in [3.63, 3.8) is 0 Å². The number of nitrogens with two attached hydrogens (primary N) is 2. The summed E-state index contributed by atoms with van der Waals surface area (Å²) in [6.07, 6.45) is 5.64. The Morgan fingerprint density at radius 2 is 1.76 bits per heavy atom. The lowest BCUT2D eigenvalue weighted by molar-refractivity contribution is 0.0937. The maximum absolute atomic E-state index is 6.22. The Morgan fingerprint density at radius 3 is 2.36 bits per heavy atom. The number of nitrogens with one attached hydrogen (secondary N) is 2. The van der Waals surface area contributed by atoms with Gasteiger partial charge in [-0.25, -0.2) is 4.99 Å². The molecule has 4 rings (SSSR count). The number of aliphatic imine (C=N–C) groups is 1. The van der Waals surface area contributed by atoms with E-state index in [0.717, 1.165) is 31.2 Å². The van der Waals surface area contributed by atoms with Gasteiger partial charge in [0.25, 0.3) is 0 Å². The average Bonchev–Trinajstić information content (AvgIpc) is 3.27. The zero-order valence-corrected chi connectivity index (χ0v) is 14.7. The first kappa shape index (κ1) is 16.8. The number of guanidine groups is 1. The maximum Gasteiger partial charge on any atom is 0.209 e. The number of nitrogens with zero attached hydrogens (tertiary/aromatic N) is 3. The molecule has 1 atom stereocenters. The molecular formula is C18H29N7. The zero-order chi connectivity index (χ0) is 17.3. The van der Waals surface area contributed by atoms with Crippen molar-refractivity contribution in [2.45, 2.75) is 44.1 Å². The minimum absolute atomic E-state index is 0.312. The Morgan fingerprint density at radius 1 is 1.08 bits per heavy atom. The molecule has 136 valence electrons. The molecule has 1 unspecified atom stereocenters. The van der Waals surface area contributed by atoms with Gasteiger partial charge in [-0.3, -0.25) is 21.0 Å². The molecule has 0 bridgehead atoms. The first-order valence-electron chi connectivity index (χ1n) is 9.36. The van der Waals surface area contributed by atoms with Gasteiger partial charge in [0, 0.05) is 44.3 Å². The van der Waals surface area contributed by atoms with E-state index < -0.39 is 5.79 Å². The summed E-state index contributed by atoms with van der Waals surface area (Å²) in [6.45, 7) is 5.72. The highest BCUT2D eigenvalue weighted by Crippen LogP contribution is 2.25. The van der Waals surface area contributed by atoms with Crippen molar-refractivity contribution in [1.29, 1.82) is 0 Å².